The summed E-state index contributed by atoms with van der Waals surface area (Å²) in [5.74, 6) is -0.472. The van der Waals surface area contributed by atoms with Gasteiger partial charge in [-0.15, -0.1) is 0 Å². The van der Waals surface area contributed by atoms with Crippen LogP contribution in [-0.2, 0) is 9.59 Å². The standard InChI is InChI=1S/C28H27NO5/c1-4-33-22-10-6-8-20(16-22)25-24(26(30)19-14-12-18(3)13-15-19)27(31)28(32)29(25)21-9-7-11-23(17-21)34-5-2/h6-17,25,30H,4-5H2,1-3H3/b26-24+. The van der Waals surface area contributed by atoms with E-state index in [4.69, 9.17) is 9.47 Å². The third-order valence-corrected chi connectivity index (χ3v) is 5.66. The molecule has 34 heavy (non-hydrogen) atoms. The number of ketones is 1. The molecule has 6 heteroatoms. The molecule has 0 spiro atoms. The molecule has 0 aliphatic carbocycles. The Kier molecular flexibility index (Phi) is 6.68. The summed E-state index contributed by atoms with van der Waals surface area (Å²) in [6.45, 7) is 6.64. The molecule has 0 bridgehead atoms. The van der Waals surface area contributed by atoms with E-state index in [-0.39, 0.29) is 11.3 Å². The van der Waals surface area contributed by atoms with Crippen molar-refractivity contribution in [3.63, 3.8) is 0 Å². The summed E-state index contributed by atoms with van der Waals surface area (Å²) in [6, 6.07) is 20.6. The number of amides is 1. The molecule has 3 aromatic carbocycles. The normalized spacial score (nSPS) is 17.1. The van der Waals surface area contributed by atoms with Crippen LogP contribution in [0.4, 0.5) is 5.69 Å². The molecule has 1 heterocycles. The Morgan fingerprint density at radius 3 is 2.15 bits per heavy atom. The van der Waals surface area contributed by atoms with Gasteiger partial charge in [-0.05, 0) is 50.6 Å². The number of hydrogen-bond donors (Lipinski definition) is 1. The molecule has 0 saturated carbocycles. The number of nitrogens with zero attached hydrogens (tertiary/aromatic N) is 1. The van der Waals surface area contributed by atoms with Gasteiger partial charge in [-0.25, -0.2) is 0 Å². The Balaban J connectivity index is 1.92. The van der Waals surface area contributed by atoms with Crippen LogP contribution >= 0.6 is 0 Å². The van der Waals surface area contributed by atoms with E-state index < -0.39 is 17.7 Å². The topological polar surface area (TPSA) is 76.1 Å². The Morgan fingerprint density at radius 2 is 1.50 bits per heavy atom. The Bertz CT molecular complexity index is 1250. The van der Waals surface area contributed by atoms with Gasteiger partial charge in [-0.3, -0.25) is 14.5 Å². The van der Waals surface area contributed by atoms with Crippen LogP contribution < -0.4 is 14.4 Å². The van der Waals surface area contributed by atoms with Gasteiger partial charge in [-0.2, -0.15) is 0 Å². The maximum absolute atomic E-state index is 13.3. The zero-order valence-electron chi connectivity index (χ0n) is 19.4. The van der Waals surface area contributed by atoms with Crippen LogP contribution in [0.2, 0.25) is 0 Å². The number of carbonyl (C=O) groups excluding carboxylic acids is 2. The summed E-state index contributed by atoms with van der Waals surface area (Å²) in [4.78, 5) is 28.0. The second-order valence-electron chi connectivity index (χ2n) is 7.97. The van der Waals surface area contributed by atoms with Crippen LogP contribution in [0.3, 0.4) is 0 Å². The molecule has 1 fully saturated rings. The van der Waals surface area contributed by atoms with Gasteiger partial charge in [0, 0.05) is 17.3 Å². The van der Waals surface area contributed by atoms with Crippen molar-refractivity contribution in [2.45, 2.75) is 26.8 Å². The second-order valence-corrected chi connectivity index (χ2v) is 7.97. The first-order chi connectivity index (χ1) is 16.4. The van der Waals surface area contributed by atoms with Crippen molar-refractivity contribution in [1.82, 2.24) is 0 Å². The lowest BCUT2D eigenvalue weighted by Gasteiger charge is -2.26. The maximum atomic E-state index is 13.3. The van der Waals surface area contributed by atoms with Crippen molar-refractivity contribution < 1.29 is 24.2 Å². The summed E-state index contributed by atoms with van der Waals surface area (Å²) in [7, 11) is 0. The third kappa shape index (κ3) is 4.39. The van der Waals surface area contributed by atoms with Gasteiger partial charge in [0.2, 0.25) is 0 Å². The number of Topliss-reactive ketones (excluding diaryl/α,β-unsaturated/α-hetero) is 1. The summed E-state index contributed by atoms with van der Waals surface area (Å²) in [5, 5.41) is 11.2. The van der Waals surface area contributed by atoms with Gasteiger partial charge >= 0.3 is 0 Å². The molecule has 1 atom stereocenters. The maximum Gasteiger partial charge on any atom is 0.300 e. The molecule has 1 aliphatic rings. The van der Waals surface area contributed by atoms with Gasteiger partial charge in [0.15, 0.2) is 0 Å². The molecular formula is C28H27NO5. The highest BCUT2D eigenvalue weighted by molar-refractivity contribution is 6.51. The van der Waals surface area contributed by atoms with Crippen LogP contribution in [0.25, 0.3) is 5.76 Å². The first-order valence-electron chi connectivity index (χ1n) is 11.3. The summed E-state index contributed by atoms with van der Waals surface area (Å²) in [6.07, 6.45) is 0. The number of carbonyl (C=O) groups is 2. The minimum atomic E-state index is -0.835. The number of hydrogen-bond acceptors (Lipinski definition) is 5. The van der Waals surface area contributed by atoms with Gasteiger partial charge in [0.1, 0.15) is 17.3 Å². The van der Waals surface area contributed by atoms with E-state index in [1.54, 1.807) is 42.5 Å². The monoisotopic (exact) mass is 457 g/mol. The number of aliphatic hydroxyl groups is 1. The predicted molar refractivity (Wildman–Crippen MR) is 131 cm³/mol. The summed E-state index contributed by atoms with van der Waals surface area (Å²) in [5.41, 5.74) is 2.68. The van der Waals surface area contributed by atoms with Crippen molar-refractivity contribution in [1.29, 1.82) is 0 Å². The number of benzene rings is 3. The van der Waals surface area contributed by atoms with Crippen LogP contribution in [0.15, 0.2) is 78.4 Å². The molecule has 0 aromatic heterocycles. The molecule has 1 amide bonds. The van der Waals surface area contributed by atoms with Crippen molar-refractivity contribution in [3.8, 4) is 11.5 Å². The van der Waals surface area contributed by atoms with E-state index in [0.717, 1.165) is 5.56 Å². The van der Waals surface area contributed by atoms with E-state index in [9.17, 15) is 14.7 Å². The molecule has 3 aromatic rings. The Hall–Kier alpha value is -4.06. The lowest BCUT2D eigenvalue weighted by molar-refractivity contribution is -0.132. The highest BCUT2D eigenvalue weighted by Gasteiger charge is 2.47. The SMILES string of the molecule is CCOc1cccc(C2/C(=C(\O)c3ccc(C)cc3)C(=O)C(=O)N2c2cccc(OCC)c2)c1. The van der Waals surface area contributed by atoms with E-state index in [0.29, 0.717) is 41.5 Å². The van der Waals surface area contributed by atoms with Crippen LogP contribution in [0.5, 0.6) is 11.5 Å². The minimum Gasteiger partial charge on any atom is -0.507 e. The minimum absolute atomic E-state index is 0.0318. The first-order valence-corrected chi connectivity index (χ1v) is 11.3. The van der Waals surface area contributed by atoms with Gasteiger partial charge < -0.3 is 14.6 Å². The fourth-order valence-electron chi connectivity index (χ4n) is 4.11. The van der Waals surface area contributed by atoms with Crippen LogP contribution in [0.1, 0.15) is 36.6 Å². The largest absolute Gasteiger partial charge is 0.507 e. The number of aliphatic hydroxyl groups excluding tert-OH is 1. The molecule has 1 saturated heterocycles. The second kappa shape index (κ2) is 9.83. The smallest absolute Gasteiger partial charge is 0.300 e. The summed E-state index contributed by atoms with van der Waals surface area (Å²) < 4.78 is 11.3. The van der Waals surface area contributed by atoms with E-state index in [1.807, 2.05) is 51.1 Å². The van der Waals surface area contributed by atoms with Crippen molar-refractivity contribution in [2.24, 2.45) is 0 Å². The van der Waals surface area contributed by atoms with E-state index in [2.05, 4.69) is 0 Å². The van der Waals surface area contributed by atoms with E-state index in [1.165, 1.54) is 4.90 Å². The molecule has 4 rings (SSSR count). The summed E-state index contributed by atoms with van der Waals surface area (Å²) >= 11 is 0. The number of anilines is 1. The third-order valence-electron chi connectivity index (χ3n) is 5.66. The van der Waals surface area contributed by atoms with Crippen LogP contribution in [0, 0.1) is 6.92 Å². The van der Waals surface area contributed by atoms with Crippen molar-refractivity contribution >= 4 is 23.1 Å². The zero-order valence-corrected chi connectivity index (χ0v) is 19.4. The number of aryl methyl sites for hydroxylation is 1. The molecule has 1 N–H and O–H groups in total. The van der Waals surface area contributed by atoms with Crippen molar-refractivity contribution in [2.75, 3.05) is 18.1 Å². The van der Waals surface area contributed by atoms with Crippen LogP contribution in [-0.4, -0.2) is 30.0 Å². The Morgan fingerprint density at radius 1 is 0.882 bits per heavy atom. The lowest BCUT2D eigenvalue weighted by atomic mass is 9.94. The Labute approximate surface area is 199 Å². The average molecular weight is 458 g/mol. The van der Waals surface area contributed by atoms with Crippen molar-refractivity contribution in [3.05, 3.63) is 95.1 Å². The molecule has 1 aliphatic heterocycles. The quantitative estimate of drug-likeness (QED) is 0.291. The average Bonchev–Trinajstić information content (AvgIpc) is 3.10. The van der Waals surface area contributed by atoms with Gasteiger partial charge in [0.25, 0.3) is 11.7 Å². The predicted octanol–water partition coefficient (Wildman–Crippen LogP) is 5.42. The fourth-order valence-corrected chi connectivity index (χ4v) is 4.11. The van der Waals surface area contributed by atoms with Gasteiger partial charge in [0.05, 0.1) is 24.8 Å². The fraction of sp³-hybridized carbons (Fsp3) is 0.214. The molecule has 6 nitrogen and oxygen atoms in total. The van der Waals surface area contributed by atoms with E-state index >= 15 is 0 Å². The lowest BCUT2D eigenvalue weighted by Crippen LogP contribution is -2.29. The molecule has 0 radical (unpaired) electrons. The molecular weight excluding hydrogens is 430 g/mol. The number of rotatable bonds is 7. The molecule has 174 valence electrons. The first kappa shape index (κ1) is 23.1. The van der Waals surface area contributed by atoms with Gasteiger partial charge in [-0.1, -0.05) is 48.0 Å². The molecule has 1 unspecified atom stereocenters. The highest BCUT2D eigenvalue weighted by Crippen LogP contribution is 2.43. The zero-order chi connectivity index (χ0) is 24.2. The highest BCUT2D eigenvalue weighted by atomic mass is 16.5. The number of ether oxygens (including phenoxy) is 2.